The first kappa shape index (κ1) is 14.3. The van der Waals surface area contributed by atoms with E-state index >= 15 is 0 Å². The van der Waals surface area contributed by atoms with E-state index in [0.717, 1.165) is 11.8 Å². The summed E-state index contributed by atoms with van der Waals surface area (Å²) in [5.74, 6) is 0.207. The molecular formula is C15H13ClFNO2. The molecule has 0 radical (unpaired) electrons. The Kier molecular flexibility index (Phi) is 4.25. The Morgan fingerprint density at radius 2 is 2.05 bits per heavy atom. The SMILES string of the molecule is CNc1c(C=O)ccc(C)c1Oc1cc(F)ccc1Cl. The van der Waals surface area contributed by atoms with Crippen LogP contribution in [0.2, 0.25) is 5.02 Å². The lowest BCUT2D eigenvalue weighted by Crippen LogP contribution is -2.00. The van der Waals surface area contributed by atoms with Crippen molar-refractivity contribution in [3.8, 4) is 11.5 Å². The van der Waals surface area contributed by atoms with Crippen molar-refractivity contribution in [3.63, 3.8) is 0 Å². The number of rotatable bonds is 4. The van der Waals surface area contributed by atoms with E-state index in [0.29, 0.717) is 22.0 Å². The molecule has 0 heterocycles. The molecule has 0 saturated heterocycles. The average molecular weight is 294 g/mol. The van der Waals surface area contributed by atoms with Crippen LogP contribution in [0.15, 0.2) is 30.3 Å². The normalized spacial score (nSPS) is 10.2. The van der Waals surface area contributed by atoms with E-state index in [1.807, 2.05) is 6.92 Å². The van der Waals surface area contributed by atoms with Gasteiger partial charge < -0.3 is 10.1 Å². The van der Waals surface area contributed by atoms with Crippen LogP contribution in [0.1, 0.15) is 15.9 Å². The van der Waals surface area contributed by atoms with Crippen LogP contribution in [0.5, 0.6) is 11.5 Å². The molecule has 0 unspecified atom stereocenters. The van der Waals surface area contributed by atoms with Gasteiger partial charge >= 0.3 is 0 Å². The van der Waals surface area contributed by atoms with Crippen LogP contribution in [0.4, 0.5) is 10.1 Å². The van der Waals surface area contributed by atoms with Crippen LogP contribution in [0.25, 0.3) is 0 Å². The molecule has 0 aliphatic rings. The van der Waals surface area contributed by atoms with Gasteiger partial charge in [0, 0.05) is 18.7 Å². The van der Waals surface area contributed by atoms with Crippen molar-refractivity contribution in [2.24, 2.45) is 0 Å². The predicted molar refractivity (Wildman–Crippen MR) is 77.6 cm³/mol. The van der Waals surface area contributed by atoms with Gasteiger partial charge in [0.15, 0.2) is 12.0 Å². The molecule has 3 nitrogen and oxygen atoms in total. The van der Waals surface area contributed by atoms with Crippen molar-refractivity contribution in [1.29, 1.82) is 0 Å². The molecule has 2 aromatic rings. The Balaban J connectivity index is 2.52. The van der Waals surface area contributed by atoms with E-state index in [4.69, 9.17) is 16.3 Å². The molecule has 0 fully saturated rings. The van der Waals surface area contributed by atoms with Gasteiger partial charge in [-0.25, -0.2) is 4.39 Å². The second-order valence-electron chi connectivity index (χ2n) is 4.22. The van der Waals surface area contributed by atoms with Crippen LogP contribution >= 0.6 is 11.6 Å². The van der Waals surface area contributed by atoms with E-state index in [-0.39, 0.29) is 5.75 Å². The van der Waals surface area contributed by atoms with Crippen molar-refractivity contribution in [3.05, 3.63) is 52.3 Å². The summed E-state index contributed by atoms with van der Waals surface area (Å²) in [5, 5.41) is 3.21. The highest BCUT2D eigenvalue weighted by molar-refractivity contribution is 6.32. The Hall–Kier alpha value is -2.07. The summed E-state index contributed by atoms with van der Waals surface area (Å²) in [6.45, 7) is 1.83. The Bertz CT molecular complexity index is 659. The smallest absolute Gasteiger partial charge is 0.154 e. The minimum atomic E-state index is -0.445. The molecule has 0 atom stereocenters. The molecule has 2 aromatic carbocycles. The molecular weight excluding hydrogens is 281 g/mol. The zero-order valence-corrected chi connectivity index (χ0v) is 11.8. The predicted octanol–water partition coefficient (Wildman–Crippen LogP) is 4.43. The second kappa shape index (κ2) is 5.92. The molecule has 0 aliphatic carbocycles. The molecule has 0 spiro atoms. The average Bonchev–Trinajstić information content (AvgIpc) is 2.44. The van der Waals surface area contributed by atoms with Crippen molar-refractivity contribution in [1.82, 2.24) is 0 Å². The van der Waals surface area contributed by atoms with Gasteiger partial charge in [-0.3, -0.25) is 4.79 Å². The van der Waals surface area contributed by atoms with Gasteiger partial charge in [0.05, 0.1) is 10.7 Å². The fraction of sp³-hybridized carbons (Fsp3) is 0.133. The molecule has 5 heteroatoms. The van der Waals surface area contributed by atoms with Crippen molar-refractivity contribution < 1.29 is 13.9 Å². The summed E-state index contributed by atoms with van der Waals surface area (Å²) in [5.41, 5.74) is 1.81. The third kappa shape index (κ3) is 2.75. The largest absolute Gasteiger partial charge is 0.453 e. The molecule has 104 valence electrons. The number of nitrogens with one attached hydrogen (secondary N) is 1. The van der Waals surface area contributed by atoms with Crippen LogP contribution < -0.4 is 10.1 Å². The highest BCUT2D eigenvalue weighted by Crippen LogP contribution is 2.37. The molecule has 0 saturated carbocycles. The molecule has 1 N–H and O–H groups in total. The summed E-state index contributed by atoms with van der Waals surface area (Å²) in [4.78, 5) is 11.0. The number of hydrogen-bond acceptors (Lipinski definition) is 3. The number of halogens is 2. The van der Waals surface area contributed by atoms with E-state index in [1.165, 1.54) is 18.2 Å². The standard InChI is InChI=1S/C15H13ClFNO2/c1-9-3-4-10(8-19)14(18-2)15(9)20-13-7-11(17)5-6-12(13)16/h3-8,18H,1-2H3. The summed E-state index contributed by atoms with van der Waals surface area (Å²) in [6.07, 6.45) is 0.727. The lowest BCUT2D eigenvalue weighted by molar-refractivity contribution is 0.112. The lowest BCUT2D eigenvalue weighted by atomic mass is 10.1. The lowest BCUT2D eigenvalue weighted by Gasteiger charge is -2.16. The fourth-order valence-electron chi connectivity index (χ4n) is 1.86. The Morgan fingerprint density at radius 1 is 1.30 bits per heavy atom. The van der Waals surface area contributed by atoms with E-state index in [9.17, 15) is 9.18 Å². The maximum Gasteiger partial charge on any atom is 0.154 e. The summed E-state index contributed by atoms with van der Waals surface area (Å²) in [6, 6.07) is 7.32. The van der Waals surface area contributed by atoms with Crippen molar-refractivity contribution in [2.75, 3.05) is 12.4 Å². The summed E-state index contributed by atoms with van der Waals surface area (Å²) < 4.78 is 19.0. The van der Waals surface area contributed by atoms with Gasteiger partial charge in [0.25, 0.3) is 0 Å². The number of aldehydes is 1. The number of carbonyl (C=O) groups is 1. The maximum absolute atomic E-state index is 13.3. The zero-order valence-electron chi connectivity index (χ0n) is 11.0. The van der Waals surface area contributed by atoms with Crippen LogP contribution in [0, 0.1) is 12.7 Å². The first-order valence-electron chi connectivity index (χ1n) is 5.96. The first-order chi connectivity index (χ1) is 9.56. The van der Waals surface area contributed by atoms with Crippen LogP contribution in [0.3, 0.4) is 0 Å². The second-order valence-corrected chi connectivity index (χ2v) is 4.63. The van der Waals surface area contributed by atoms with Crippen LogP contribution in [-0.4, -0.2) is 13.3 Å². The third-order valence-electron chi connectivity index (χ3n) is 2.87. The van der Waals surface area contributed by atoms with Crippen molar-refractivity contribution in [2.45, 2.75) is 6.92 Å². The minimum Gasteiger partial charge on any atom is -0.453 e. The zero-order chi connectivity index (χ0) is 14.7. The maximum atomic E-state index is 13.3. The van der Waals surface area contributed by atoms with Gasteiger partial charge in [-0.1, -0.05) is 17.7 Å². The van der Waals surface area contributed by atoms with Gasteiger partial charge in [-0.15, -0.1) is 0 Å². The first-order valence-corrected chi connectivity index (χ1v) is 6.34. The van der Waals surface area contributed by atoms with Gasteiger partial charge in [0.2, 0.25) is 0 Å². The van der Waals surface area contributed by atoms with Crippen LogP contribution in [-0.2, 0) is 0 Å². The molecule has 0 aromatic heterocycles. The highest BCUT2D eigenvalue weighted by atomic mass is 35.5. The highest BCUT2D eigenvalue weighted by Gasteiger charge is 2.14. The van der Waals surface area contributed by atoms with Gasteiger partial charge in [-0.05, 0) is 30.7 Å². The third-order valence-corrected chi connectivity index (χ3v) is 3.18. The minimum absolute atomic E-state index is 0.203. The van der Waals surface area contributed by atoms with E-state index in [2.05, 4.69) is 5.32 Å². The molecule has 0 bridgehead atoms. The molecule has 0 aliphatic heterocycles. The fourth-order valence-corrected chi connectivity index (χ4v) is 2.01. The number of anilines is 1. The van der Waals surface area contributed by atoms with Crippen molar-refractivity contribution >= 4 is 23.6 Å². The number of benzene rings is 2. The number of carbonyl (C=O) groups excluding carboxylic acids is 1. The van der Waals surface area contributed by atoms with E-state index < -0.39 is 5.82 Å². The van der Waals surface area contributed by atoms with Gasteiger partial charge in [-0.2, -0.15) is 0 Å². The van der Waals surface area contributed by atoms with Gasteiger partial charge in [0.1, 0.15) is 11.6 Å². The Labute approximate surface area is 121 Å². The molecule has 20 heavy (non-hydrogen) atoms. The summed E-state index contributed by atoms with van der Waals surface area (Å²) >= 11 is 5.99. The number of ether oxygens (including phenoxy) is 1. The number of aryl methyl sites for hydroxylation is 1. The molecule has 0 amide bonds. The number of hydrogen-bond donors (Lipinski definition) is 1. The summed E-state index contributed by atoms with van der Waals surface area (Å²) in [7, 11) is 1.68. The quantitative estimate of drug-likeness (QED) is 0.847. The monoisotopic (exact) mass is 293 g/mol. The topological polar surface area (TPSA) is 38.3 Å². The Morgan fingerprint density at radius 3 is 2.70 bits per heavy atom. The molecule has 2 rings (SSSR count). The van der Waals surface area contributed by atoms with E-state index in [1.54, 1.807) is 19.2 Å².